The van der Waals surface area contributed by atoms with Crippen molar-refractivity contribution in [2.24, 2.45) is 0 Å². The molecule has 130 valence electrons. The lowest BCUT2D eigenvalue weighted by molar-refractivity contribution is 0.0933. The van der Waals surface area contributed by atoms with E-state index in [2.05, 4.69) is 15.6 Å². The third kappa shape index (κ3) is 3.17. The summed E-state index contributed by atoms with van der Waals surface area (Å²) in [6.45, 7) is 3.81. The van der Waals surface area contributed by atoms with Crippen LogP contribution >= 0.6 is 11.3 Å². The van der Waals surface area contributed by atoms with Crippen LogP contribution in [0.2, 0.25) is 0 Å². The Morgan fingerprint density at radius 3 is 2.72 bits per heavy atom. The standard InChI is InChI=1S/C18H19FN4OS/c1-11-16(17(24)21-14-6-8-20-9-7-14)25-18-22-15(10-23(11)18)12-2-4-13(19)5-3-12/h2-5,10,14,20H,6-9H2,1H3,(H,21,24). The number of carbonyl (C=O) groups excluding carboxylic acids is 1. The van der Waals surface area contributed by atoms with Gasteiger partial charge in [-0.2, -0.15) is 0 Å². The molecule has 0 bridgehead atoms. The first kappa shape index (κ1) is 16.2. The summed E-state index contributed by atoms with van der Waals surface area (Å²) in [6.07, 6.45) is 3.82. The number of aromatic nitrogens is 2. The minimum atomic E-state index is -0.266. The predicted molar refractivity (Wildman–Crippen MR) is 96.6 cm³/mol. The fraction of sp³-hybridized carbons (Fsp3) is 0.333. The second-order valence-electron chi connectivity index (χ2n) is 6.30. The number of fused-ring (bicyclic) bond motifs is 1. The summed E-state index contributed by atoms with van der Waals surface area (Å²) in [7, 11) is 0. The van der Waals surface area contributed by atoms with Crippen molar-refractivity contribution in [3.8, 4) is 11.3 Å². The molecule has 0 radical (unpaired) electrons. The minimum absolute atomic E-state index is 0.0248. The number of piperidine rings is 1. The van der Waals surface area contributed by atoms with E-state index in [4.69, 9.17) is 0 Å². The highest BCUT2D eigenvalue weighted by Gasteiger charge is 2.21. The van der Waals surface area contributed by atoms with Crippen molar-refractivity contribution < 1.29 is 9.18 Å². The van der Waals surface area contributed by atoms with E-state index >= 15 is 0 Å². The quantitative estimate of drug-likeness (QED) is 0.757. The van der Waals surface area contributed by atoms with Crippen molar-refractivity contribution in [1.29, 1.82) is 0 Å². The van der Waals surface area contributed by atoms with E-state index in [9.17, 15) is 9.18 Å². The Balaban J connectivity index is 1.59. The van der Waals surface area contributed by atoms with E-state index in [0.717, 1.165) is 47.8 Å². The highest BCUT2D eigenvalue weighted by molar-refractivity contribution is 7.19. The number of halogens is 1. The molecule has 1 aromatic carbocycles. The zero-order valence-electron chi connectivity index (χ0n) is 13.9. The first-order valence-electron chi connectivity index (χ1n) is 8.38. The zero-order valence-corrected chi connectivity index (χ0v) is 14.7. The SMILES string of the molecule is Cc1c(C(=O)NC2CCNCC2)sc2nc(-c3ccc(F)cc3)cn12. The summed E-state index contributed by atoms with van der Waals surface area (Å²) in [5.41, 5.74) is 2.52. The molecule has 2 N–H and O–H groups in total. The van der Waals surface area contributed by atoms with E-state index in [1.807, 2.05) is 17.5 Å². The van der Waals surface area contributed by atoms with Crippen molar-refractivity contribution in [3.05, 3.63) is 46.9 Å². The Bertz CT molecular complexity index is 909. The molecule has 4 rings (SSSR count). The lowest BCUT2D eigenvalue weighted by Gasteiger charge is -2.23. The molecule has 2 aromatic heterocycles. The van der Waals surface area contributed by atoms with Crippen LogP contribution in [0.4, 0.5) is 4.39 Å². The van der Waals surface area contributed by atoms with Gasteiger partial charge in [0.1, 0.15) is 10.7 Å². The van der Waals surface area contributed by atoms with Gasteiger partial charge in [-0.15, -0.1) is 0 Å². The van der Waals surface area contributed by atoms with Gasteiger partial charge in [-0.1, -0.05) is 11.3 Å². The summed E-state index contributed by atoms with van der Waals surface area (Å²) in [5, 5.41) is 6.42. The van der Waals surface area contributed by atoms with E-state index in [1.54, 1.807) is 12.1 Å². The lowest BCUT2D eigenvalue weighted by atomic mass is 10.1. The number of rotatable bonds is 3. The average molecular weight is 358 g/mol. The van der Waals surface area contributed by atoms with Crippen molar-refractivity contribution in [2.45, 2.75) is 25.8 Å². The first-order valence-corrected chi connectivity index (χ1v) is 9.19. The maximum absolute atomic E-state index is 13.1. The van der Waals surface area contributed by atoms with Crippen LogP contribution in [0.1, 0.15) is 28.2 Å². The molecule has 0 unspecified atom stereocenters. The van der Waals surface area contributed by atoms with Gasteiger partial charge in [0.25, 0.3) is 5.91 Å². The number of hydrogen-bond donors (Lipinski definition) is 2. The van der Waals surface area contributed by atoms with Crippen LogP contribution in [0.15, 0.2) is 30.5 Å². The first-order chi connectivity index (χ1) is 12.1. The van der Waals surface area contributed by atoms with Gasteiger partial charge in [0, 0.05) is 23.5 Å². The van der Waals surface area contributed by atoms with E-state index in [1.165, 1.54) is 23.5 Å². The molecule has 0 saturated carbocycles. The van der Waals surface area contributed by atoms with Gasteiger partial charge in [0.05, 0.1) is 5.69 Å². The Hall–Kier alpha value is -2.25. The predicted octanol–water partition coefficient (Wildman–Crippen LogP) is 2.99. The summed E-state index contributed by atoms with van der Waals surface area (Å²) in [6, 6.07) is 6.50. The molecule has 1 aliphatic heterocycles. The van der Waals surface area contributed by atoms with Crippen molar-refractivity contribution in [1.82, 2.24) is 20.0 Å². The van der Waals surface area contributed by atoms with Gasteiger partial charge in [0.15, 0.2) is 4.96 Å². The molecule has 1 amide bonds. The van der Waals surface area contributed by atoms with Gasteiger partial charge < -0.3 is 10.6 Å². The van der Waals surface area contributed by atoms with Crippen molar-refractivity contribution in [2.75, 3.05) is 13.1 Å². The zero-order chi connectivity index (χ0) is 17.4. The van der Waals surface area contributed by atoms with Crippen LogP contribution in [-0.4, -0.2) is 34.4 Å². The van der Waals surface area contributed by atoms with Gasteiger partial charge in [-0.25, -0.2) is 9.37 Å². The average Bonchev–Trinajstić information content (AvgIpc) is 3.16. The van der Waals surface area contributed by atoms with Gasteiger partial charge in [-0.3, -0.25) is 9.20 Å². The molecule has 1 fully saturated rings. The number of aryl methyl sites for hydroxylation is 1. The normalized spacial score (nSPS) is 15.6. The summed E-state index contributed by atoms with van der Waals surface area (Å²) in [4.78, 5) is 18.7. The molecular formula is C18H19FN4OS. The third-order valence-electron chi connectivity index (χ3n) is 4.58. The Kier molecular flexibility index (Phi) is 4.27. The second-order valence-corrected chi connectivity index (χ2v) is 7.28. The number of carbonyl (C=O) groups is 1. The molecule has 0 aliphatic carbocycles. The third-order valence-corrected chi connectivity index (χ3v) is 5.73. The molecule has 25 heavy (non-hydrogen) atoms. The van der Waals surface area contributed by atoms with Crippen LogP contribution in [-0.2, 0) is 0 Å². The summed E-state index contributed by atoms with van der Waals surface area (Å²) in [5.74, 6) is -0.291. The minimum Gasteiger partial charge on any atom is -0.348 e. The molecule has 0 spiro atoms. The maximum atomic E-state index is 13.1. The molecule has 7 heteroatoms. The van der Waals surface area contributed by atoms with E-state index < -0.39 is 0 Å². The number of thiazole rings is 1. The molecule has 0 atom stereocenters. The number of benzene rings is 1. The van der Waals surface area contributed by atoms with Crippen molar-refractivity contribution in [3.63, 3.8) is 0 Å². The van der Waals surface area contributed by atoms with E-state index in [-0.39, 0.29) is 17.8 Å². The van der Waals surface area contributed by atoms with Gasteiger partial charge in [-0.05, 0) is 57.1 Å². The van der Waals surface area contributed by atoms with E-state index in [0.29, 0.717) is 4.88 Å². The summed E-state index contributed by atoms with van der Waals surface area (Å²) >= 11 is 1.39. The highest BCUT2D eigenvalue weighted by atomic mass is 32.1. The number of nitrogens with zero attached hydrogens (tertiary/aromatic N) is 2. The maximum Gasteiger partial charge on any atom is 0.263 e. The topological polar surface area (TPSA) is 58.4 Å². The van der Waals surface area contributed by atoms with Gasteiger partial charge in [0.2, 0.25) is 0 Å². The largest absolute Gasteiger partial charge is 0.348 e. The molecule has 1 aliphatic rings. The molecule has 3 aromatic rings. The molecule has 5 nitrogen and oxygen atoms in total. The molecule has 3 heterocycles. The van der Waals surface area contributed by atoms with Crippen LogP contribution < -0.4 is 10.6 Å². The van der Waals surface area contributed by atoms with Crippen molar-refractivity contribution >= 4 is 22.2 Å². The molecule has 1 saturated heterocycles. The smallest absolute Gasteiger partial charge is 0.263 e. The Morgan fingerprint density at radius 2 is 2.04 bits per heavy atom. The fourth-order valence-corrected chi connectivity index (χ4v) is 4.15. The van der Waals surface area contributed by atoms with Crippen LogP contribution in [0.3, 0.4) is 0 Å². The number of imidazole rings is 1. The monoisotopic (exact) mass is 358 g/mol. The highest BCUT2D eigenvalue weighted by Crippen LogP contribution is 2.27. The Morgan fingerprint density at radius 1 is 1.32 bits per heavy atom. The fourth-order valence-electron chi connectivity index (χ4n) is 3.14. The van der Waals surface area contributed by atoms with Crippen LogP contribution in [0.25, 0.3) is 16.2 Å². The summed E-state index contributed by atoms with van der Waals surface area (Å²) < 4.78 is 15.0. The molecular weight excluding hydrogens is 339 g/mol. The second kappa shape index (κ2) is 6.57. The van der Waals surface area contributed by atoms with Crippen LogP contribution in [0.5, 0.6) is 0 Å². The van der Waals surface area contributed by atoms with Crippen LogP contribution in [0, 0.1) is 12.7 Å². The van der Waals surface area contributed by atoms with Gasteiger partial charge >= 0.3 is 0 Å². The lowest BCUT2D eigenvalue weighted by Crippen LogP contribution is -2.42. The number of hydrogen-bond acceptors (Lipinski definition) is 4. The number of amides is 1. The Labute approximate surface area is 148 Å². The number of nitrogens with one attached hydrogen (secondary N) is 2.